The highest BCUT2D eigenvalue weighted by atomic mass is 15.2. The molecule has 35 heavy (non-hydrogen) atoms. The molecule has 0 amide bonds. The van der Waals surface area contributed by atoms with Crippen molar-refractivity contribution in [3.8, 4) is 0 Å². The van der Waals surface area contributed by atoms with E-state index in [4.69, 9.17) is 6.57 Å². The monoisotopic (exact) mass is 467 g/mol. The molecule has 4 aliphatic rings. The number of hydrogen-bond donors (Lipinski definition) is 0. The lowest BCUT2D eigenvalue weighted by atomic mass is 9.54. The van der Waals surface area contributed by atoms with E-state index >= 15 is 0 Å². The molecular weight excluding hydrogens is 426 g/mol. The third-order valence-corrected chi connectivity index (χ3v) is 10.1. The molecule has 2 aliphatic heterocycles. The van der Waals surface area contributed by atoms with E-state index in [0.29, 0.717) is 5.41 Å². The number of hydrogen-bond acceptors (Lipinski definition) is 2. The number of aryl methyl sites for hydroxylation is 1. The van der Waals surface area contributed by atoms with Crippen LogP contribution in [0.2, 0.25) is 0 Å². The molecule has 0 bridgehead atoms. The fourth-order valence-electron chi connectivity index (χ4n) is 8.47. The van der Waals surface area contributed by atoms with Crippen LogP contribution in [0.15, 0.2) is 48.5 Å². The summed E-state index contributed by atoms with van der Waals surface area (Å²) in [4.78, 5) is 8.86. The quantitative estimate of drug-likeness (QED) is 0.429. The zero-order chi connectivity index (χ0) is 23.7. The molecule has 2 aromatic carbocycles. The SMILES string of the molecule is [C-]#[N+]c1ccc(N2CCC(CN3CCC(C4(C5CCCC5)CCCc5ccccc54)CC3)C2)cc1. The Hall–Kier alpha value is -2.31. The van der Waals surface area contributed by atoms with E-state index in [1.165, 1.54) is 89.5 Å². The molecule has 0 aromatic heterocycles. The summed E-state index contributed by atoms with van der Waals surface area (Å²) >= 11 is 0. The molecule has 2 heterocycles. The summed E-state index contributed by atoms with van der Waals surface area (Å²) in [5, 5.41) is 0. The highest BCUT2D eigenvalue weighted by Gasteiger charge is 2.49. The largest absolute Gasteiger partial charge is 0.371 e. The van der Waals surface area contributed by atoms with Gasteiger partial charge in [0.15, 0.2) is 5.69 Å². The molecule has 2 atom stereocenters. The van der Waals surface area contributed by atoms with Crippen LogP contribution in [0.5, 0.6) is 0 Å². The first-order chi connectivity index (χ1) is 17.3. The maximum atomic E-state index is 7.18. The van der Waals surface area contributed by atoms with E-state index in [2.05, 4.69) is 51.0 Å². The summed E-state index contributed by atoms with van der Waals surface area (Å²) in [7, 11) is 0. The van der Waals surface area contributed by atoms with E-state index < -0.39 is 0 Å². The lowest BCUT2D eigenvalue weighted by molar-refractivity contribution is 0.0682. The Morgan fingerprint density at radius 2 is 1.57 bits per heavy atom. The van der Waals surface area contributed by atoms with Gasteiger partial charge in [0.05, 0.1) is 6.57 Å². The average Bonchev–Trinajstić information content (AvgIpc) is 3.62. The fraction of sp³-hybridized carbons (Fsp3) is 0.594. The molecule has 1 saturated carbocycles. The summed E-state index contributed by atoms with van der Waals surface area (Å²) in [6, 6.07) is 17.7. The van der Waals surface area contributed by atoms with Gasteiger partial charge < -0.3 is 9.80 Å². The van der Waals surface area contributed by atoms with Crippen LogP contribution >= 0.6 is 0 Å². The predicted molar refractivity (Wildman–Crippen MR) is 145 cm³/mol. The zero-order valence-corrected chi connectivity index (χ0v) is 21.3. The van der Waals surface area contributed by atoms with Crippen molar-refractivity contribution in [1.82, 2.24) is 4.90 Å². The van der Waals surface area contributed by atoms with E-state index in [9.17, 15) is 0 Å². The Morgan fingerprint density at radius 3 is 2.34 bits per heavy atom. The number of fused-ring (bicyclic) bond motifs is 1. The van der Waals surface area contributed by atoms with Crippen molar-refractivity contribution in [3.05, 3.63) is 71.1 Å². The molecule has 0 N–H and O–H groups in total. The molecule has 6 rings (SSSR count). The minimum absolute atomic E-state index is 0.457. The van der Waals surface area contributed by atoms with Crippen molar-refractivity contribution >= 4 is 11.4 Å². The molecule has 2 saturated heterocycles. The highest BCUT2D eigenvalue weighted by Crippen LogP contribution is 2.55. The van der Waals surface area contributed by atoms with Crippen molar-refractivity contribution in [1.29, 1.82) is 0 Å². The van der Waals surface area contributed by atoms with Gasteiger partial charge in [0.2, 0.25) is 0 Å². The second-order valence-corrected chi connectivity index (χ2v) is 11.8. The molecule has 184 valence electrons. The number of anilines is 1. The average molecular weight is 468 g/mol. The van der Waals surface area contributed by atoms with Gasteiger partial charge in [-0.1, -0.05) is 49.2 Å². The summed E-state index contributed by atoms with van der Waals surface area (Å²) in [6.45, 7) is 13.3. The highest BCUT2D eigenvalue weighted by molar-refractivity contribution is 5.56. The molecule has 3 nitrogen and oxygen atoms in total. The maximum absolute atomic E-state index is 7.18. The second-order valence-electron chi connectivity index (χ2n) is 11.8. The normalized spacial score (nSPS) is 28.2. The van der Waals surface area contributed by atoms with Crippen molar-refractivity contribution in [3.63, 3.8) is 0 Å². The molecule has 3 fully saturated rings. The Bertz CT molecular complexity index is 1040. The van der Waals surface area contributed by atoms with Crippen LogP contribution in [0.4, 0.5) is 11.4 Å². The molecular formula is C32H41N3. The standard InChI is InChI=1S/C32H41N3/c1-33-29-12-14-30(15-13-29)35-22-16-25(24-35)23-34-20-17-28(18-21-34)32(27-9-3-4-10-27)19-6-8-26-7-2-5-11-31(26)32/h2,5,7,11-15,25,27-28H,3-4,6,8-10,16-24H2. The molecule has 2 aliphatic carbocycles. The van der Waals surface area contributed by atoms with Gasteiger partial charge in [0.1, 0.15) is 0 Å². The van der Waals surface area contributed by atoms with Gasteiger partial charge in [-0.15, -0.1) is 0 Å². The first-order valence-electron chi connectivity index (χ1n) is 14.3. The van der Waals surface area contributed by atoms with E-state index in [1.54, 1.807) is 11.1 Å². The predicted octanol–water partition coefficient (Wildman–Crippen LogP) is 7.24. The van der Waals surface area contributed by atoms with Crippen LogP contribution in [-0.4, -0.2) is 37.6 Å². The van der Waals surface area contributed by atoms with Gasteiger partial charge in [0.25, 0.3) is 0 Å². The number of piperidine rings is 1. The number of likely N-dealkylation sites (tertiary alicyclic amines) is 1. The molecule has 3 heteroatoms. The summed E-state index contributed by atoms with van der Waals surface area (Å²) in [5.41, 5.74) is 5.91. The topological polar surface area (TPSA) is 10.8 Å². The molecule has 0 radical (unpaired) electrons. The Kier molecular flexibility index (Phi) is 6.59. The minimum Gasteiger partial charge on any atom is -0.371 e. The smallest absolute Gasteiger partial charge is 0.187 e. The number of nitrogens with zero attached hydrogens (tertiary/aromatic N) is 3. The van der Waals surface area contributed by atoms with Gasteiger partial charge in [-0.2, -0.15) is 0 Å². The Labute approximate surface area is 212 Å². The van der Waals surface area contributed by atoms with Crippen LogP contribution < -0.4 is 4.90 Å². The van der Waals surface area contributed by atoms with Crippen LogP contribution in [0.1, 0.15) is 68.9 Å². The third-order valence-electron chi connectivity index (χ3n) is 10.1. The van der Waals surface area contributed by atoms with Crippen molar-refractivity contribution < 1.29 is 0 Å². The van der Waals surface area contributed by atoms with E-state index in [1.807, 2.05) is 12.1 Å². The Morgan fingerprint density at radius 1 is 0.829 bits per heavy atom. The number of benzene rings is 2. The summed E-state index contributed by atoms with van der Waals surface area (Å²) in [5.74, 6) is 2.55. The first-order valence-corrected chi connectivity index (χ1v) is 14.3. The second kappa shape index (κ2) is 9.98. The zero-order valence-electron chi connectivity index (χ0n) is 21.3. The van der Waals surface area contributed by atoms with E-state index in [0.717, 1.165) is 36.5 Å². The van der Waals surface area contributed by atoms with Crippen molar-refractivity contribution in [2.24, 2.45) is 17.8 Å². The van der Waals surface area contributed by atoms with Gasteiger partial charge in [-0.3, -0.25) is 0 Å². The summed E-state index contributed by atoms with van der Waals surface area (Å²) < 4.78 is 0. The lowest BCUT2D eigenvalue weighted by Gasteiger charge is -2.52. The lowest BCUT2D eigenvalue weighted by Crippen LogP contribution is -2.49. The van der Waals surface area contributed by atoms with Gasteiger partial charge >= 0.3 is 0 Å². The molecule has 2 aromatic rings. The van der Waals surface area contributed by atoms with Gasteiger partial charge in [0, 0.05) is 30.7 Å². The van der Waals surface area contributed by atoms with Crippen LogP contribution in [0, 0.1) is 24.3 Å². The van der Waals surface area contributed by atoms with Crippen LogP contribution in [-0.2, 0) is 11.8 Å². The Balaban J connectivity index is 1.10. The van der Waals surface area contributed by atoms with E-state index in [-0.39, 0.29) is 0 Å². The fourth-order valence-corrected chi connectivity index (χ4v) is 8.47. The van der Waals surface area contributed by atoms with Gasteiger partial charge in [-0.05, 0) is 105 Å². The minimum atomic E-state index is 0.457. The maximum Gasteiger partial charge on any atom is 0.187 e. The summed E-state index contributed by atoms with van der Waals surface area (Å²) in [6.07, 6.45) is 14.0. The van der Waals surface area contributed by atoms with Crippen LogP contribution in [0.3, 0.4) is 0 Å². The van der Waals surface area contributed by atoms with Crippen LogP contribution in [0.25, 0.3) is 4.85 Å². The third kappa shape index (κ3) is 4.40. The number of rotatable bonds is 5. The van der Waals surface area contributed by atoms with Crippen molar-refractivity contribution in [2.75, 3.05) is 37.6 Å². The first kappa shape index (κ1) is 23.1. The molecule has 2 unspecified atom stereocenters. The van der Waals surface area contributed by atoms with Crippen molar-refractivity contribution in [2.45, 2.75) is 69.6 Å². The molecule has 0 spiro atoms. The van der Waals surface area contributed by atoms with Gasteiger partial charge in [-0.25, -0.2) is 4.85 Å².